The first-order valence-electron chi connectivity index (χ1n) is 11.0. The van der Waals surface area contributed by atoms with Gasteiger partial charge in [-0.15, -0.1) is 0 Å². The third-order valence-corrected chi connectivity index (χ3v) is 5.08. The Morgan fingerprint density at radius 3 is 1.82 bits per heavy atom. The molecule has 34 heavy (non-hydrogen) atoms. The molecule has 2 nitrogen and oxygen atoms in total. The Hall–Kier alpha value is -4.50. The Morgan fingerprint density at radius 2 is 1.24 bits per heavy atom. The van der Waals surface area contributed by atoms with E-state index in [0.717, 1.165) is 16.7 Å². The van der Waals surface area contributed by atoms with E-state index in [0.29, 0.717) is 17.1 Å². The van der Waals surface area contributed by atoms with Crippen molar-refractivity contribution in [1.82, 2.24) is 0 Å². The molecule has 0 fully saturated rings. The van der Waals surface area contributed by atoms with Crippen LogP contribution in [0.15, 0.2) is 127 Å². The molecule has 0 heterocycles. The normalized spacial score (nSPS) is 12.4. The Kier molecular flexibility index (Phi) is 7.26. The molecule has 0 aromatic heterocycles. The highest BCUT2D eigenvalue weighted by Crippen LogP contribution is 2.26. The van der Waals surface area contributed by atoms with E-state index in [1.54, 1.807) is 6.08 Å². The van der Waals surface area contributed by atoms with Gasteiger partial charge in [-0.3, -0.25) is 0 Å². The van der Waals surface area contributed by atoms with Gasteiger partial charge in [0.15, 0.2) is 11.4 Å². The number of benzene rings is 4. The zero-order chi connectivity index (χ0) is 23.6. The Labute approximate surface area is 201 Å². The predicted octanol–water partition coefficient (Wildman–Crippen LogP) is 6.25. The van der Waals surface area contributed by atoms with Crippen LogP contribution in [0, 0.1) is 30.6 Å². The number of ether oxygens (including phenoxy) is 1. The smallest absolute Gasteiger partial charge is 0.178 e. The van der Waals surface area contributed by atoms with Gasteiger partial charge in [0.25, 0.3) is 0 Å². The van der Waals surface area contributed by atoms with Crippen LogP contribution < -0.4 is 4.74 Å². The Balaban J connectivity index is 1.82. The largest absolute Gasteiger partial charge is 0.449 e. The summed E-state index contributed by atoms with van der Waals surface area (Å²) in [5.41, 5.74) is 1.77. The molecule has 4 aromatic rings. The first-order valence-corrected chi connectivity index (χ1v) is 11.0. The van der Waals surface area contributed by atoms with Crippen molar-refractivity contribution in [3.63, 3.8) is 0 Å². The van der Waals surface area contributed by atoms with E-state index in [2.05, 4.69) is 23.7 Å². The average Bonchev–Trinajstić information content (AvgIpc) is 2.88. The van der Waals surface area contributed by atoms with Gasteiger partial charge in [0.2, 0.25) is 0 Å². The molecule has 2 heteroatoms. The SMILES string of the molecule is Cc1ccc(C(O)(C#Cc2ccccc2)/C=C(/C#Cc2ccccc2)Oc2ccccc2)cc1. The molecule has 0 bridgehead atoms. The van der Waals surface area contributed by atoms with Crippen molar-refractivity contribution in [2.75, 3.05) is 0 Å². The number of allylic oxidation sites excluding steroid dienone is 1. The number of aliphatic hydroxyl groups is 1. The molecular weight excluding hydrogens is 416 g/mol. The van der Waals surface area contributed by atoms with Crippen LogP contribution in [0.3, 0.4) is 0 Å². The van der Waals surface area contributed by atoms with Gasteiger partial charge < -0.3 is 9.84 Å². The molecule has 1 N–H and O–H groups in total. The number of hydrogen-bond donors (Lipinski definition) is 1. The van der Waals surface area contributed by atoms with Crippen LogP contribution in [0.4, 0.5) is 0 Å². The van der Waals surface area contributed by atoms with Gasteiger partial charge in [-0.05, 0) is 49.2 Å². The molecule has 0 aliphatic carbocycles. The summed E-state index contributed by atoms with van der Waals surface area (Å²) in [6, 6.07) is 36.3. The first kappa shape index (κ1) is 22.7. The lowest BCUT2D eigenvalue weighted by Gasteiger charge is -2.20. The van der Waals surface area contributed by atoms with Crippen molar-refractivity contribution in [2.45, 2.75) is 12.5 Å². The summed E-state index contributed by atoms with van der Waals surface area (Å²) in [4.78, 5) is 0. The number of hydrogen-bond acceptors (Lipinski definition) is 2. The van der Waals surface area contributed by atoms with E-state index in [-0.39, 0.29) is 0 Å². The molecular formula is C32H24O2. The number of para-hydroxylation sites is 1. The van der Waals surface area contributed by atoms with Crippen molar-refractivity contribution in [2.24, 2.45) is 0 Å². The molecule has 0 saturated carbocycles. The molecule has 164 valence electrons. The highest BCUT2D eigenvalue weighted by atomic mass is 16.5. The highest BCUT2D eigenvalue weighted by Gasteiger charge is 2.26. The van der Waals surface area contributed by atoms with E-state index in [9.17, 15) is 5.11 Å². The number of aryl methyl sites for hydroxylation is 1. The molecule has 0 amide bonds. The second-order valence-corrected chi connectivity index (χ2v) is 7.79. The van der Waals surface area contributed by atoms with Crippen LogP contribution in [0.1, 0.15) is 22.3 Å². The maximum Gasteiger partial charge on any atom is 0.178 e. The summed E-state index contributed by atoms with van der Waals surface area (Å²) in [5.74, 6) is 13.3. The van der Waals surface area contributed by atoms with Crippen molar-refractivity contribution >= 4 is 0 Å². The van der Waals surface area contributed by atoms with Crippen LogP contribution in [0.2, 0.25) is 0 Å². The zero-order valence-corrected chi connectivity index (χ0v) is 18.9. The lowest BCUT2D eigenvalue weighted by molar-refractivity contribution is 0.150. The van der Waals surface area contributed by atoms with Crippen molar-refractivity contribution in [3.05, 3.63) is 149 Å². The second-order valence-electron chi connectivity index (χ2n) is 7.79. The van der Waals surface area contributed by atoms with Gasteiger partial charge in [-0.2, -0.15) is 0 Å². The van der Waals surface area contributed by atoms with Crippen molar-refractivity contribution < 1.29 is 9.84 Å². The van der Waals surface area contributed by atoms with E-state index in [1.807, 2.05) is 122 Å². The van der Waals surface area contributed by atoms with Crippen LogP contribution in [-0.4, -0.2) is 5.11 Å². The summed E-state index contributed by atoms with van der Waals surface area (Å²) in [6.07, 6.45) is 1.58. The average molecular weight is 441 g/mol. The van der Waals surface area contributed by atoms with Crippen molar-refractivity contribution in [1.29, 1.82) is 0 Å². The van der Waals surface area contributed by atoms with E-state index < -0.39 is 5.60 Å². The van der Waals surface area contributed by atoms with Gasteiger partial charge in [0.1, 0.15) is 5.75 Å². The van der Waals surface area contributed by atoms with Crippen molar-refractivity contribution in [3.8, 4) is 29.4 Å². The fourth-order valence-electron chi connectivity index (χ4n) is 3.24. The molecule has 4 rings (SSSR count). The highest BCUT2D eigenvalue weighted by molar-refractivity contribution is 5.47. The standard InChI is InChI=1S/C32H24O2/c1-26-17-20-29(21-18-26)32(33,24-23-28-13-7-3-8-14-28)25-31(34-30-15-9-4-10-16-30)22-19-27-11-5-2-6-12-27/h2-18,20-21,25,33H,1H3/b31-25-. The molecule has 0 aliphatic heterocycles. The van der Waals surface area contributed by atoms with Crippen LogP contribution in [0.5, 0.6) is 5.75 Å². The van der Waals surface area contributed by atoms with E-state index >= 15 is 0 Å². The molecule has 4 aromatic carbocycles. The van der Waals surface area contributed by atoms with Gasteiger partial charge in [0.05, 0.1) is 0 Å². The predicted molar refractivity (Wildman–Crippen MR) is 137 cm³/mol. The third kappa shape index (κ3) is 6.27. The molecule has 1 atom stereocenters. The second kappa shape index (κ2) is 10.9. The lowest BCUT2D eigenvalue weighted by Crippen LogP contribution is -2.22. The lowest BCUT2D eigenvalue weighted by atomic mass is 9.92. The summed E-state index contributed by atoms with van der Waals surface area (Å²) < 4.78 is 6.09. The summed E-state index contributed by atoms with van der Waals surface area (Å²) in [6.45, 7) is 2.00. The third-order valence-electron chi connectivity index (χ3n) is 5.08. The van der Waals surface area contributed by atoms with Crippen LogP contribution >= 0.6 is 0 Å². The van der Waals surface area contributed by atoms with Gasteiger partial charge in [-0.1, -0.05) is 102 Å². The minimum Gasteiger partial charge on any atom is -0.449 e. The summed E-state index contributed by atoms with van der Waals surface area (Å²) >= 11 is 0. The summed E-state index contributed by atoms with van der Waals surface area (Å²) in [5, 5.41) is 11.8. The quantitative estimate of drug-likeness (QED) is 0.300. The van der Waals surface area contributed by atoms with Crippen LogP contribution in [-0.2, 0) is 5.60 Å². The molecule has 1 unspecified atom stereocenters. The minimum atomic E-state index is -1.61. The molecule has 0 spiro atoms. The molecule has 0 saturated heterocycles. The minimum absolute atomic E-state index is 0.306. The Bertz CT molecular complexity index is 1370. The zero-order valence-electron chi connectivity index (χ0n) is 18.9. The Morgan fingerprint density at radius 1 is 0.706 bits per heavy atom. The first-order chi connectivity index (χ1) is 16.6. The van der Waals surface area contributed by atoms with Gasteiger partial charge in [-0.25, -0.2) is 0 Å². The number of rotatable bonds is 4. The maximum absolute atomic E-state index is 11.8. The van der Waals surface area contributed by atoms with Gasteiger partial charge >= 0.3 is 0 Å². The molecule has 0 aliphatic rings. The fourth-order valence-corrected chi connectivity index (χ4v) is 3.24. The van der Waals surface area contributed by atoms with E-state index in [1.165, 1.54) is 0 Å². The van der Waals surface area contributed by atoms with E-state index in [4.69, 9.17) is 4.74 Å². The summed E-state index contributed by atoms with van der Waals surface area (Å²) in [7, 11) is 0. The fraction of sp³-hybridized carbons (Fsp3) is 0.0625. The molecule has 0 radical (unpaired) electrons. The van der Waals surface area contributed by atoms with Gasteiger partial charge in [0, 0.05) is 22.8 Å². The topological polar surface area (TPSA) is 29.5 Å². The van der Waals surface area contributed by atoms with Crippen LogP contribution in [0.25, 0.3) is 0 Å². The maximum atomic E-state index is 11.8. The monoisotopic (exact) mass is 440 g/mol.